The van der Waals surface area contributed by atoms with E-state index in [-0.39, 0.29) is 23.4 Å². The summed E-state index contributed by atoms with van der Waals surface area (Å²) in [5.74, 6) is 1.10. The third-order valence-corrected chi connectivity index (χ3v) is 5.34. The van der Waals surface area contributed by atoms with Crippen LogP contribution in [-0.4, -0.2) is 56.4 Å². The fourth-order valence-electron chi connectivity index (χ4n) is 3.73. The Morgan fingerprint density at radius 3 is 2.41 bits per heavy atom. The minimum atomic E-state index is -0.220. The van der Waals surface area contributed by atoms with Gasteiger partial charge in [-0.1, -0.05) is 0 Å². The minimum absolute atomic E-state index is 0.0898. The molecule has 3 heterocycles. The highest BCUT2D eigenvalue weighted by molar-refractivity contribution is 5.98. The summed E-state index contributed by atoms with van der Waals surface area (Å²) in [4.78, 5) is 35.9. The Bertz CT molecular complexity index is 1070. The van der Waals surface area contributed by atoms with E-state index in [9.17, 15) is 9.59 Å². The Hall–Kier alpha value is -3.29. The first kappa shape index (κ1) is 19.0. The first-order valence-electron chi connectivity index (χ1n) is 9.65. The zero-order chi connectivity index (χ0) is 20.5. The average Bonchev–Trinajstić information content (AvgIpc) is 3.17. The molecule has 1 amide bonds. The van der Waals surface area contributed by atoms with Gasteiger partial charge < -0.3 is 9.64 Å². The molecule has 1 saturated heterocycles. The summed E-state index contributed by atoms with van der Waals surface area (Å²) in [7, 11) is 1.60. The number of nitrogens with zero attached hydrogens (tertiary/aromatic N) is 5. The SMILES string of the molecule is COc1ccc(C(=O)C2CCN(C(=O)c3nc4nc(C)cc(C)n4n3)CC2)cc1. The number of Topliss-reactive ketones (excluding diaryl/α,β-unsaturated/α-hetero) is 1. The molecule has 0 N–H and O–H groups in total. The van der Waals surface area contributed by atoms with E-state index in [0.29, 0.717) is 37.3 Å². The third kappa shape index (κ3) is 3.70. The number of methoxy groups -OCH3 is 1. The van der Waals surface area contributed by atoms with E-state index < -0.39 is 0 Å². The average molecular weight is 393 g/mol. The number of hydrogen-bond donors (Lipinski definition) is 0. The van der Waals surface area contributed by atoms with Crippen molar-refractivity contribution in [2.75, 3.05) is 20.2 Å². The van der Waals surface area contributed by atoms with Gasteiger partial charge in [0.2, 0.25) is 5.82 Å². The van der Waals surface area contributed by atoms with Gasteiger partial charge in [0.1, 0.15) is 5.75 Å². The number of hydrogen-bond acceptors (Lipinski definition) is 6. The Morgan fingerprint density at radius 1 is 1.07 bits per heavy atom. The molecule has 150 valence electrons. The number of fused-ring (bicyclic) bond motifs is 1. The molecule has 0 aliphatic carbocycles. The maximum Gasteiger partial charge on any atom is 0.293 e. The maximum absolute atomic E-state index is 12.8. The number of likely N-dealkylation sites (tertiary alicyclic amines) is 1. The highest BCUT2D eigenvalue weighted by Gasteiger charge is 2.30. The molecule has 2 aromatic heterocycles. The molecule has 4 rings (SSSR count). The summed E-state index contributed by atoms with van der Waals surface area (Å²) in [6.07, 6.45) is 1.25. The van der Waals surface area contributed by atoms with E-state index in [1.165, 1.54) is 0 Å². The lowest BCUT2D eigenvalue weighted by Crippen LogP contribution is -2.40. The second-order valence-corrected chi connectivity index (χ2v) is 7.35. The highest BCUT2D eigenvalue weighted by atomic mass is 16.5. The summed E-state index contributed by atoms with van der Waals surface area (Å²) in [5.41, 5.74) is 2.39. The van der Waals surface area contributed by atoms with Crippen LogP contribution in [0.25, 0.3) is 5.78 Å². The molecule has 0 radical (unpaired) electrons. The smallest absolute Gasteiger partial charge is 0.293 e. The number of piperidine rings is 1. The lowest BCUT2D eigenvalue weighted by molar-refractivity contribution is 0.0640. The molecule has 0 saturated carbocycles. The van der Waals surface area contributed by atoms with Crippen LogP contribution in [0.2, 0.25) is 0 Å². The van der Waals surface area contributed by atoms with Crippen LogP contribution in [0.5, 0.6) is 5.75 Å². The van der Waals surface area contributed by atoms with Crippen molar-refractivity contribution in [3.05, 3.63) is 53.1 Å². The number of benzene rings is 1. The van der Waals surface area contributed by atoms with E-state index in [1.54, 1.807) is 40.8 Å². The first-order chi connectivity index (χ1) is 14.0. The third-order valence-electron chi connectivity index (χ3n) is 5.34. The van der Waals surface area contributed by atoms with Crippen LogP contribution in [0.1, 0.15) is 45.2 Å². The lowest BCUT2D eigenvalue weighted by Gasteiger charge is -2.30. The molecular formula is C21H23N5O3. The van der Waals surface area contributed by atoms with Crippen molar-refractivity contribution < 1.29 is 14.3 Å². The van der Waals surface area contributed by atoms with E-state index in [1.807, 2.05) is 19.9 Å². The van der Waals surface area contributed by atoms with E-state index in [4.69, 9.17) is 4.74 Å². The predicted octanol–water partition coefficient (Wildman–Crippen LogP) is 2.48. The zero-order valence-electron chi connectivity index (χ0n) is 16.8. The van der Waals surface area contributed by atoms with Crippen LogP contribution in [0.3, 0.4) is 0 Å². The van der Waals surface area contributed by atoms with Gasteiger partial charge in [-0.15, -0.1) is 5.10 Å². The molecule has 1 aliphatic rings. The van der Waals surface area contributed by atoms with Crippen molar-refractivity contribution in [2.45, 2.75) is 26.7 Å². The summed E-state index contributed by atoms with van der Waals surface area (Å²) in [6, 6.07) is 9.05. The van der Waals surface area contributed by atoms with E-state index >= 15 is 0 Å². The Kier molecular flexibility index (Phi) is 5.00. The summed E-state index contributed by atoms with van der Waals surface area (Å²) in [5, 5.41) is 4.32. The predicted molar refractivity (Wildman–Crippen MR) is 106 cm³/mol. The number of aromatic nitrogens is 4. The van der Waals surface area contributed by atoms with Crippen molar-refractivity contribution in [3.63, 3.8) is 0 Å². The molecule has 8 nitrogen and oxygen atoms in total. The van der Waals surface area contributed by atoms with Gasteiger partial charge in [-0.05, 0) is 57.0 Å². The summed E-state index contributed by atoms with van der Waals surface area (Å²) >= 11 is 0. The minimum Gasteiger partial charge on any atom is -0.497 e. The molecule has 0 unspecified atom stereocenters. The van der Waals surface area contributed by atoms with Gasteiger partial charge >= 0.3 is 0 Å². The fourth-order valence-corrected chi connectivity index (χ4v) is 3.73. The van der Waals surface area contributed by atoms with Crippen LogP contribution >= 0.6 is 0 Å². The van der Waals surface area contributed by atoms with Gasteiger partial charge in [0.15, 0.2) is 5.78 Å². The quantitative estimate of drug-likeness (QED) is 0.633. The normalized spacial score (nSPS) is 14.9. The van der Waals surface area contributed by atoms with Gasteiger partial charge in [0.25, 0.3) is 11.7 Å². The molecule has 1 aliphatic heterocycles. The van der Waals surface area contributed by atoms with Crippen LogP contribution in [0.15, 0.2) is 30.3 Å². The van der Waals surface area contributed by atoms with Crippen LogP contribution in [0, 0.1) is 19.8 Å². The standard InChI is InChI=1S/C21H23N5O3/c1-13-12-14(2)26-21(22-13)23-19(24-26)20(28)25-10-8-16(9-11-25)18(27)15-4-6-17(29-3)7-5-15/h4-7,12,16H,8-11H2,1-3H3. The van der Waals surface area contributed by atoms with Gasteiger partial charge in [0, 0.05) is 36.0 Å². The van der Waals surface area contributed by atoms with Crippen molar-refractivity contribution >= 4 is 17.5 Å². The Morgan fingerprint density at radius 2 is 1.76 bits per heavy atom. The molecule has 1 fully saturated rings. The van der Waals surface area contributed by atoms with Crippen LogP contribution in [0.4, 0.5) is 0 Å². The van der Waals surface area contributed by atoms with Gasteiger partial charge in [0.05, 0.1) is 7.11 Å². The van der Waals surface area contributed by atoms with Crippen LogP contribution < -0.4 is 4.74 Å². The Labute approximate surface area is 168 Å². The highest BCUT2D eigenvalue weighted by Crippen LogP contribution is 2.24. The lowest BCUT2D eigenvalue weighted by atomic mass is 9.89. The zero-order valence-corrected chi connectivity index (χ0v) is 16.8. The molecule has 8 heteroatoms. The molecule has 3 aromatic rings. The second kappa shape index (κ2) is 7.62. The van der Waals surface area contributed by atoms with Crippen molar-refractivity contribution in [2.24, 2.45) is 5.92 Å². The first-order valence-corrected chi connectivity index (χ1v) is 9.65. The maximum atomic E-state index is 12.8. The largest absolute Gasteiger partial charge is 0.497 e. The summed E-state index contributed by atoms with van der Waals surface area (Å²) < 4.78 is 6.72. The number of rotatable bonds is 4. The number of carbonyl (C=O) groups excluding carboxylic acids is 2. The second-order valence-electron chi connectivity index (χ2n) is 7.35. The molecule has 29 heavy (non-hydrogen) atoms. The number of carbonyl (C=O) groups is 2. The number of aryl methyl sites for hydroxylation is 2. The molecule has 1 aromatic carbocycles. The van der Waals surface area contributed by atoms with Gasteiger partial charge in [-0.25, -0.2) is 9.50 Å². The monoisotopic (exact) mass is 393 g/mol. The van der Waals surface area contributed by atoms with Crippen molar-refractivity contribution in [1.82, 2.24) is 24.5 Å². The van der Waals surface area contributed by atoms with Crippen molar-refractivity contribution in [1.29, 1.82) is 0 Å². The van der Waals surface area contributed by atoms with Gasteiger partial charge in [-0.3, -0.25) is 9.59 Å². The molecule has 0 spiro atoms. The molecule has 0 atom stereocenters. The molecule has 0 bridgehead atoms. The van der Waals surface area contributed by atoms with Gasteiger partial charge in [-0.2, -0.15) is 4.98 Å². The summed E-state index contributed by atoms with van der Waals surface area (Å²) in [6.45, 7) is 4.80. The molecular weight excluding hydrogens is 370 g/mol. The topological polar surface area (TPSA) is 89.7 Å². The van der Waals surface area contributed by atoms with E-state index in [2.05, 4.69) is 15.1 Å². The fraction of sp³-hybridized carbons (Fsp3) is 0.381. The number of amides is 1. The van der Waals surface area contributed by atoms with Crippen molar-refractivity contribution in [3.8, 4) is 5.75 Å². The van der Waals surface area contributed by atoms with Crippen LogP contribution in [-0.2, 0) is 0 Å². The number of ketones is 1. The number of ether oxygens (including phenoxy) is 1. The van der Waals surface area contributed by atoms with E-state index in [0.717, 1.165) is 17.1 Å². The Balaban J connectivity index is 1.43.